The Kier molecular flexibility index (Phi) is 2.38. The van der Waals surface area contributed by atoms with Gasteiger partial charge in [-0.05, 0) is 24.3 Å². The smallest absolute Gasteiger partial charge is 0.0610 e. The van der Waals surface area contributed by atoms with E-state index in [1.54, 1.807) is 0 Å². The second kappa shape index (κ2) is 3.92. The fourth-order valence-corrected chi connectivity index (χ4v) is 2.58. The Balaban J connectivity index is 2.57. The molecule has 0 atom stereocenters. The third kappa shape index (κ3) is 1.36. The summed E-state index contributed by atoms with van der Waals surface area (Å²) in [6.45, 7) is 0.620. The molecule has 2 aromatic carbocycles. The number of nitrogens with two attached hydrogens (primary N) is 2. The maximum atomic E-state index is 9.21. The Morgan fingerprint density at radius 2 is 1.39 bits per heavy atom. The molecule has 0 radical (unpaired) electrons. The average molecular weight is 241 g/mol. The van der Waals surface area contributed by atoms with Crippen LogP contribution in [0.25, 0.3) is 21.8 Å². The molecule has 1 heterocycles. The van der Waals surface area contributed by atoms with E-state index in [2.05, 4.69) is 4.57 Å². The maximum absolute atomic E-state index is 9.21. The summed E-state index contributed by atoms with van der Waals surface area (Å²) < 4.78 is 2.05. The van der Waals surface area contributed by atoms with Gasteiger partial charge in [0.25, 0.3) is 0 Å². The summed E-state index contributed by atoms with van der Waals surface area (Å²) in [5.74, 6) is 0. The van der Waals surface area contributed by atoms with E-state index in [1.165, 1.54) is 0 Å². The van der Waals surface area contributed by atoms with E-state index in [4.69, 9.17) is 11.5 Å². The van der Waals surface area contributed by atoms with E-state index in [9.17, 15) is 5.11 Å². The fraction of sp³-hybridized carbons (Fsp3) is 0.143. The van der Waals surface area contributed by atoms with Crippen molar-refractivity contribution in [2.75, 3.05) is 18.1 Å². The molecule has 0 bridgehead atoms. The van der Waals surface area contributed by atoms with E-state index < -0.39 is 0 Å². The van der Waals surface area contributed by atoms with Crippen LogP contribution in [-0.2, 0) is 6.54 Å². The standard InChI is InChI=1S/C14H15N3O/c15-9-3-1-5-11-13(9)14-10(16)4-2-6-12(14)17(11)7-8-18/h1-6,18H,7-8,15-16H2. The van der Waals surface area contributed by atoms with E-state index in [1.807, 2.05) is 36.4 Å². The summed E-state index contributed by atoms with van der Waals surface area (Å²) in [6, 6.07) is 11.6. The highest BCUT2D eigenvalue weighted by Crippen LogP contribution is 2.36. The second-order valence-corrected chi connectivity index (χ2v) is 4.36. The Morgan fingerprint density at radius 3 is 1.83 bits per heavy atom. The molecule has 0 saturated heterocycles. The Bertz CT molecular complexity index is 671. The van der Waals surface area contributed by atoms with E-state index >= 15 is 0 Å². The Morgan fingerprint density at radius 1 is 0.889 bits per heavy atom. The monoisotopic (exact) mass is 241 g/mol. The molecular weight excluding hydrogens is 226 g/mol. The lowest BCUT2D eigenvalue weighted by Crippen LogP contribution is -2.01. The summed E-state index contributed by atoms with van der Waals surface area (Å²) in [7, 11) is 0. The number of aromatic nitrogens is 1. The highest BCUT2D eigenvalue weighted by atomic mass is 16.3. The first kappa shape index (κ1) is 10.9. The Hall–Kier alpha value is -2.20. The minimum absolute atomic E-state index is 0.0858. The number of nitrogens with zero attached hydrogens (tertiary/aromatic N) is 1. The van der Waals surface area contributed by atoms with Crippen molar-refractivity contribution in [1.29, 1.82) is 0 Å². The second-order valence-electron chi connectivity index (χ2n) is 4.36. The normalized spacial score (nSPS) is 11.4. The van der Waals surface area contributed by atoms with Gasteiger partial charge in [-0.2, -0.15) is 0 Å². The van der Waals surface area contributed by atoms with Crippen molar-refractivity contribution < 1.29 is 5.11 Å². The van der Waals surface area contributed by atoms with Crippen molar-refractivity contribution in [3.63, 3.8) is 0 Å². The number of hydrogen-bond acceptors (Lipinski definition) is 3. The van der Waals surface area contributed by atoms with Crippen LogP contribution in [0.15, 0.2) is 36.4 Å². The van der Waals surface area contributed by atoms with Gasteiger partial charge < -0.3 is 21.1 Å². The molecule has 0 saturated carbocycles. The number of anilines is 2. The summed E-state index contributed by atoms with van der Waals surface area (Å²) in [5.41, 5.74) is 15.6. The van der Waals surface area contributed by atoms with E-state index in [0.29, 0.717) is 17.9 Å². The first-order valence-corrected chi connectivity index (χ1v) is 5.90. The van der Waals surface area contributed by atoms with Gasteiger partial charge >= 0.3 is 0 Å². The van der Waals surface area contributed by atoms with Crippen molar-refractivity contribution in [3.8, 4) is 0 Å². The van der Waals surface area contributed by atoms with Gasteiger partial charge in [0.2, 0.25) is 0 Å². The maximum Gasteiger partial charge on any atom is 0.0610 e. The largest absolute Gasteiger partial charge is 0.398 e. The molecule has 92 valence electrons. The van der Waals surface area contributed by atoms with Gasteiger partial charge in [-0.15, -0.1) is 0 Å². The van der Waals surface area contributed by atoms with Gasteiger partial charge in [0, 0.05) is 28.7 Å². The molecule has 3 rings (SSSR count). The Labute approximate surface area is 104 Å². The fourth-order valence-electron chi connectivity index (χ4n) is 2.58. The highest BCUT2D eigenvalue weighted by molar-refractivity contribution is 6.18. The van der Waals surface area contributed by atoms with Gasteiger partial charge in [0.1, 0.15) is 0 Å². The molecule has 4 nitrogen and oxygen atoms in total. The van der Waals surface area contributed by atoms with Crippen molar-refractivity contribution in [2.45, 2.75) is 6.54 Å². The third-order valence-corrected chi connectivity index (χ3v) is 3.30. The zero-order valence-corrected chi connectivity index (χ0v) is 9.93. The molecule has 0 aliphatic carbocycles. The predicted octanol–water partition coefficient (Wildman–Crippen LogP) is 1.95. The minimum Gasteiger partial charge on any atom is -0.398 e. The first-order valence-electron chi connectivity index (χ1n) is 5.90. The molecule has 0 unspecified atom stereocenters. The summed E-state index contributed by atoms with van der Waals surface area (Å²) >= 11 is 0. The van der Waals surface area contributed by atoms with E-state index in [0.717, 1.165) is 21.8 Å². The lowest BCUT2D eigenvalue weighted by Gasteiger charge is -2.04. The van der Waals surface area contributed by atoms with Crippen LogP contribution in [0.2, 0.25) is 0 Å². The lowest BCUT2D eigenvalue weighted by atomic mass is 10.1. The van der Waals surface area contributed by atoms with E-state index in [-0.39, 0.29) is 6.61 Å². The van der Waals surface area contributed by atoms with Crippen LogP contribution in [0.5, 0.6) is 0 Å². The lowest BCUT2D eigenvalue weighted by molar-refractivity contribution is 0.280. The number of aliphatic hydroxyl groups is 1. The predicted molar refractivity (Wildman–Crippen MR) is 75.4 cm³/mol. The van der Waals surface area contributed by atoms with Crippen molar-refractivity contribution in [2.24, 2.45) is 0 Å². The number of nitrogen functional groups attached to an aromatic ring is 2. The number of aliphatic hydroxyl groups excluding tert-OH is 1. The van der Waals surface area contributed by atoms with Gasteiger partial charge in [-0.1, -0.05) is 12.1 Å². The van der Waals surface area contributed by atoms with Gasteiger partial charge in [-0.3, -0.25) is 0 Å². The third-order valence-electron chi connectivity index (χ3n) is 3.30. The molecule has 0 aliphatic rings. The van der Waals surface area contributed by atoms with Crippen LogP contribution in [0, 0.1) is 0 Å². The molecule has 4 heteroatoms. The van der Waals surface area contributed by atoms with Crippen molar-refractivity contribution >= 4 is 33.2 Å². The zero-order valence-electron chi connectivity index (χ0n) is 9.93. The van der Waals surface area contributed by atoms with Gasteiger partial charge in [0.05, 0.1) is 17.6 Å². The molecule has 0 spiro atoms. The van der Waals surface area contributed by atoms with Crippen LogP contribution in [0.3, 0.4) is 0 Å². The quantitative estimate of drug-likeness (QED) is 0.600. The van der Waals surface area contributed by atoms with Crippen LogP contribution in [0.1, 0.15) is 0 Å². The topological polar surface area (TPSA) is 77.2 Å². The highest BCUT2D eigenvalue weighted by Gasteiger charge is 2.13. The molecular formula is C14H15N3O. The minimum atomic E-state index is 0.0858. The summed E-state index contributed by atoms with van der Waals surface area (Å²) in [4.78, 5) is 0. The average Bonchev–Trinajstić information content (AvgIpc) is 2.68. The molecule has 0 aliphatic heterocycles. The summed E-state index contributed by atoms with van der Waals surface area (Å²) in [5, 5.41) is 11.2. The van der Waals surface area contributed by atoms with Crippen LogP contribution in [-0.4, -0.2) is 16.3 Å². The van der Waals surface area contributed by atoms with Crippen molar-refractivity contribution in [1.82, 2.24) is 4.57 Å². The van der Waals surface area contributed by atoms with Crippen LogP contribution < -0.4 is 11.5 Å². The SMILES string of the molecule is Nc1cccc2c1c1c(N)cccc1n2CCO. The molecule has 0 amide bonds. The van der Waals surface area contributed by atoms with Crippen LogP contribution in [0.4, 0.5) is 11.4 Å². The number of fused-ring (bicyclic) bond motifs is 3. The van der Waals surface area contributed by atoms with Gasteiger partial charge in [0.15, 0.2) is 0 Å². The number of rotatable bonds is 2. The van der Waals surface area contributed by atoms with Crippen LogP contribution >= 0.6 is 0 Å². The molecule has 3 aromatic rings. The number of hydrogen-bond donors (Lipinski definition) is 3. The van der Waals surface area contributed by atoms with Crippen molar-refractivity contribution in [3.05, 3.63) is 36.4 Å². The van der Waals surface area contributed by atoms with Gasteiger partial charge in [-0.25, -0.2) is 0 Å². The molecule has 18 heavy (non-hydrogen) atoms. The molecule has 1 aromatic heterocycles. The first-order chi connectivity index (χ1) is 8.74. The number of benzene rings is 2. The molecule has 5 N–H and O–H groups in total. The summed E-state index contributed by atoms with van der Waals surface area (Å²) in [6.07, 6.45) is 0. The zero-order chi connectivity index (χ0) is 12.7. The molecule has 0 fully saturated rings.